The molecule has 1 atom stereocenters. The second kappa shape index (κ2) is 4.02. The highest BCUT2D eigenvalue weighted by atomic mass is 19.2. The highest BCUT2D eigenvalue weighted by Gasteiger charge is 2.27. The minimum absolute atomic E-state index is 0.0899. The zero-order chi connectivity index (χ0) is 10.8. The normalized spacial score (nSPS) is 15.2. The third-order valence-corrected chi connectivity index (χ3v) is 1.96. The summed E-state index contributed by atoms with van der Waals surface area (Å²) in [6, 6.07) is 3.68. The fourth-order valence-electron chi connectivity index (χ4n) is 1.28. The number of hydrogen-bond acceptors (Lipinski definition) is 2. The van der Waals surface area contributed by atoms with Crippen molar-refractivity contribution in [3.8, 4) is 0 Å². The first-order valence-corrected chi connectivity index (χ1v) is 4.15. The first kappa shape index (κ1) is 11.1. The van der Waals surface area contributed by atoms with Crippen molar-refractivity contribution < 1.29 is 18.6 Å². The van der Waals surface area contributed by atoms with Crippen LogP contribution in [0.15, 0.2) is 18.2 Å². The summed E-state index contributed by atoms with van der Waals surface area (Å²) in [5.74, 6) is -2.01. The van der Waals surface area contributed by atoms with Crippen LogP contribution in [0.2, 0.25) is 0 Å². The Bertz CT molecular complexity index is 324. The molecule has 0 saturated heterocycles. The van der Waals surface area contributed by atoms with Crippen LogP contribution in [-0.2, 0) is 10.3 Å². The van der Waals surface area contributed by atoms with Gasteiger partial charge in [0.1, 0.15) is 5.60 Å². The number of rotatable bonds is 3. The van der Waals surface area contributed by atoms with E-state index in [2.05, 4.69) is 0 Å². The average Bonchev–Trinajstić information content (AvgIpc) is 2.09. The smallest absolute Gasteiger partial charge is 0.164 e. The Labute approximate surface area is 81.1 Å². The van der Waals surface area contributed by atoms with Crippen molar-refractivity contribution >= 4 is 0 Å². The summed E-state index contributed by atoms with van der Waals surface area (Å²) in [6.07, 6.45) is 0. The minimum atomic E-state index is -1.51. The SMILES string of the molecule is COCC(C)(O)c1cccc(F)c1F. The molecule has 0 heterocycles. The van der Waals surface area contributed by atoms with Gasteiger partial charge in [0.2, 0.25) is 0 Å². The second-order valence-electron chi connectivity index (χ2n) is 3.31. The van der Waals surface area contributed by atoms with E-state index in [4.69, 9.17) is 4.74 Å². The molecule has 0 aliphatic heterocycles. The van der Waals surface area contributed by atoms with Gasteiger partial charge in [-0.25, -0.2) is 8.78 Å². The summed E-state index contributed by atoms with van der Waals surface area (Å²) >= 11 is 0. The third-order valence-electron chi connectivity index (χ3n) is 1.96. The summed E-state index contributed by atoms with van der Waals surface area (Å²) in [4.78, 5) is 0. The van der Waals surface area contributed by atoms with E-state index in [1.807, 2.05) is 0 Å². The first-order valence-electron chi connectivity index (χ1n) is 4.15. The molecule has 0 saturated carbocycles. The zero-order valence-electron chi connectivity index (χ0n) is 8.05. The molecular formula is C10H12F2O2. The van der Waals surface area contributed by atoms with E-state index in [1.54, 1.807) is 0 Å². The summed E-state index contributed by atoms with van der Waals surface area (Å²) in [7, 11) is 1.38. The van der Waals surface area contributed by atoms with Gasteiger partial charge in [-0.3, -0.25) is 0 Å². The topological polar surface area (TPSA) is 29.5 Å². The molecule has 1 aromatic carbocycles. The molecule has 4 heteroatoms. The second-order valence-corrected chi connectivity index (χ2v) is 3.31. The predicted octanol–water partition coefficient (Wildman–Crippen LogP) is 1.82. The Morgan fingerprint density at radius 3 is 2.64 bits per heavy atom. The molecule has 14 heavy (non-hydrogen) atoms. The lowest BCUT2D eigenvalue weighted by Gasteiger charge is -2.23. The summed E-state index contributed by atoms with van der Waals surface area (Å²) in [5, 5.41) is 9.76. The van der Waals surface area contributed by atoms with Crippen LogP contribution in [0.1, 0.15) is 12.5 Å². The van der Waals surface area contributed by atoms with Crippen LogP contribution in [-0.4, -0.2) is 18.8 Å². The molecule has 1 rings (SSSR count). The summed E-state index contributed by atoms with van der Waals surface area (Å²) < 4.78 is 30.8. The Morgan fingerprint density at radius 1 is 1.43 bits per heavy atom. The number of hydrogen-bond donors (Lipinski definition) is 1. The van der Waals surface area contributed by atoms with Gasteiger partial charge in [-0.15, -0.1) is 0 Å². The molecule has 1 unspecified atom stereocenters. The minimum Gasteiger partial charge on any atom is -0.383 e. The highest BCUT2D eigenvalue weighted by molar-refractivity contribution is 5.24. The van der Waals surface area contributed by atoms with Crippen LogP contribution in [0, 0.1) is 11.6 Å². The van der Waals surface area contributed by atoms with E-state index in [0.717, 1.165) is 6.07 Å². The number of halogens is 2. The monoisotopic (exact) mass is 202 g/mol. The van der Waals surface area contributed by atoms with Crippen molar-refractivity contribution in [3.05, 3.63) is 35.4 Å². The largest absolute Gasteiger partial charge is 0.383 e. The third kappa shape index (κ3) is 2.08. The van der Waals surface area contributed by atoms with Crippen molar-refractivity contribution in [2.45, 2.75) is 12.5 Å². The maximum absolute atomic E-state index is 13.2. The fourth-order valence-corrected chi connectivity index (χ4v) is 1.28. The van der Waals surface area contributed by atoms with E-state index >= 15 is 0 Å². The molecule has 1 aromatic rings. The molecule has 0 aliphatic rings. The van der Waals surface area contributed by atoms with Gasteiger partial charge in [0.15, 0.2) is 11.6 Å². The van der Waals surface area contributed by atoms with Gasteiger partial charge in [0, 0.05) is 12.7 Å². The van der Waals surface area contributed by atoms with Gasteiger partial charge < -0.3 is 9.84 Å². The lowest BCUT2D eigenvalue weighted by Crippen LogP contribution is -2.28. The van der Waals surface area contributed by atoms with Crippen LogP contribution in [0.25, 0.3) is 0 Å². The first-order chi connectivity index (χ1) is 6.49. The van der Waals surface area contributed by atoms with Crippen LogP contribution in [0.5, 0.6) is 0 Å². The average molecular weight is 202 g/mol. The van der Waals surface area contributed by atoms with E-state index in [-0.39, 0.29) is 12.2 Å². The molecule has 0 radical (unpaired) electrons. The van der Waals surface area contributed by atoms with Gasteiger partial charge in [0.05, 0.1) is 6.61 Å². The molecule has 1 N–H and O–H groups in total. The molecule has 0 fully saturated rings. The van der Waals surface area contributed by atoms with Crippen LogP contribution in [0.3, 0.4) is 0 Å². The highest BCUT2D eigenvalue weighted by Crippen LogP contribution is 2.24. The van der Waals surface area contributed by atoms with E-state index in [1.165, 1.54) is 26.2 Å². The van der Waals surface area contributed by atoms with Gasteiger partial charge >= 0.3 is 0 Å². The maximum atomic E-state index is 13.2. The zero-order valence-corrected chi connectivity index (χ0v) is 8.05. The molecule has 0 spiro atoms. The van der Waals surface area contributed by atoms with Crippen molar-refractivity contribution in [1.29, 1.82) is 0 Å². The fraction of sp³-hybridized carbons (Fsp3) is 0.400. The number of methoxy groups -OCH3 is 1. The Hall–Kier alpha value is -1.00. The van der Waals surface area contributed by atoms with E-state index in [9.17, 15) is 13.9 Å². The Kier molecular flexibility index (Phi) is 3.18. The molecule has 0 aliphatic carbocycles. The molecule has 0 amide bonds. The molecule has 0 aromatic heterocycles. The van der Waals surface area contributed by atoms with E-state index in [0.29, 0.717) is 0 Å². The molecule has 78 valence electrons. The quantitative estimate of drug-likeness (QED) is 0.810. The van der Waals surface area contributed by atoms with Crippen LogP contribution < -0.4 is 0 Å². The van der Waals surface area contributed by atoms with Gasteiger partial charge in [0.25, 0.3) is 0 Å². The number of ether oxygens (including phenoxy) is 1. The standard InChI is InChI=1S/C10H12F2O2/c1-10(13,6-14-2)7-4-3-5-8(11)9(7)12/h3-5,13H,6H2,1-2H3. The maximum Gasteiger partial charge on any atom is 0.164 e. The molecular weight excluding hydrogens is 190 g/mol. The van der Waals surface area contributed by atoms with E-state index < -0.39 is 17.2 Å². The summed E-state index contributed by atoms with van der Waals surface area (Å²) in [5.41, 5.74) is -1.61. The van der Waals surface area contributed by atoms with Gasteiger partial charge in [-0.2, -0.15) is 0 Å². The number of benzene rings is 1. The summed E-state index contributed by atoms with van der Waals surface area (Å²) in [6.45, 7) is 1.28. The lowest BCUT2D eigenvalue weighted by atomic mass is 9.96. The Morgan fingerprint density at radius 2 is 2.07 bits per heavy atom. The van der Waals surface area contributed by atoms with Crippen molar-refractivity contribution in [2.24, 2.45) is 0 Å². The van der Waals surface area contributed by atoms with Crippen molar-refractivity contribution in [3.63, 3.8) is 0 Å². The van der Waals surface area contributed by atoms with Crippen LogP contribution >= 0.6 is 0 Å². The van der Waals surface area contributed by atoms with Crippen LogP contribution in [0.4, 0.5) is 8.78 Å². The Balaban J connectivity index is 3.12. The van der Waals surface area contributed by atoms with Crippen molar-refractivity contribution in [1.82, 2.24) is 0 Å². The predicted molar refractivity (Wildman–Crippen MR) is 47.8 cm³/mol. The lowest BCUT2D eigenvalue weighted by molar-refractivity contribution is -0.0236. The molecule has 2 nitrogen and oxygen atoms in total. The van der Waals surface area contributed by atoms with Gasteiger partial charge in [-0.05, 0) is 13.0 Å². The molecule has 0 bridgehead atoms. The van der Waals surface area contributed by atoms with Crippen molar-refractivity contribution in [2.75, 3.05) is 13.7 Å². The number of aliphatic hydroxyl groups is 1. The van der Waals surface area contributed by atoms with Gasteiger partial charge in [-0.1, -0.05) is 12.1 Å².